The topological polar surface area (TPSA) is 54.3 Å². The number of carbonyl (C=O) groups excluding carboxylic acids is 1. The van der Waals surface area contributed by atoms with Crippen molar-refractivity contribution in [2.24, 2.45) is 0 Å². The van der Waals surface area contributed by atoms with E-state index in [4.69, 9.17) is 0 Å². The number of aliphatic hydroxyl groups is 1. The van der Waals surface area contributed by atoms with Crippen LogP contribution in [0.25, 0.3) is 10.9 Å². The SMILES string of the molecule is CCn1cc(C(=O)C(CO)NC)c2cc(F)ccc21. The van der Waals surface area contributed by atoms with Gasteiger partial charge in [0.25, 0.3) is 0 Å². The average molecular weight is 264 g/mol. The minimum absolute atomic E-state index is 0.229. The Balaban J connectivity index is 2.59. The summed E-state index contributed by atoms with van der Waals surface area (Å²) in [5, 5.41) is 12.5. The van der Waals surface area contributed by atoms with Gasteiger partial charge in [0.05, 0.1) is 12.6 Å². The lowest BCUT2D eigenvalue weighted by atomic mass is 10.0. The third-order valence-corrected chi connectivity index (χ3v) is 3.30. The Morgan fingerprint density at radius 2 is 2.26 bits per heavy atom. The van der Waals surface area contributed by atoms with E-state index in [1.165, 1.54) is 12.1 Å². The summed E-state index contributed by atoms with van der Waals surface area (Å²) < 4.78 is 15.3. The Bertz CT molecular complexity index is 603. The third-order valence-electron chi connectivity index (χ3n) is 3.30. The molecule has 5 heteroatoms. The Morgan fingerprint density at radius 1 is 1.53 bits per heavy atom. The van der Waals surface area contributed by atoms with Gasteiger partial charge in [0.2, 0.25) is 0 Å². The summed E-state index contributed by atoms with van der Waals surface area (Å²) in [6, 6.07) is 3.74. The smallest absolute Gasteiger partial charge is 0.184 e. The molecule has 1 unspecified atom stereocenters. The summed E-state index contributed by atoms with van der Waals surface area (Å²) in [5.74, 6) is -0.604. The van der Waals surface area contributed by atoms with Crippen molar-refractivity contribution in [1.29, 1.82) is 0 Å². The van der Waals surface area contributed by atoms with E-state index >= 15 is 0 Å². The maximum absolute atomic E-state index is 13.4. The Labute approximate surface area is 110 Å². The maximum Gasteiger partial charge on any atom is 0.184 e. The molecule has 0 spiro atoms. The number of ketones is 1. The van der Waals surface area contributed by atoms with Gasteiger partial charge in [-0.15, -0.1) is 0 Å². The predicted molar refractivity (Wildman–Crippen MR) is 71.8 cm³/mol. The number of aromatic nitrogens is 1. The molecular weight excluding hydrogens is 247 g/mol. The molecule has 0 radical (unpaired) electrons. The molecule has 0 aliphatic rings. The number of aryl methyl sites for hydroxylation is 1. The Kier molecular flexibility index (Phi) is 3.97. The van der Waals surface area contributed by atoms with Crippen LogP contribution < -0.4 is 5.32 Å². The molecule has 0 fully saturated rings. The highest BCUT2D eigenvalue weighted by Crippen LogP contribution is 2.23. The van der Waals surface area contributed by atoms with Crippen molar-refractivity contribution < 1.29 is 14.3 Å². The largest absolute Gasteiger partial charge is 0.394 e. The number of fused-ring (bicyclic) bond motifs is 1. The monoisotopic (exact) mass is 264 g/mol. The molecule has 0 bridgehead atoms. The van der Waals surface area contributed by atoms with Crippen LogP contribution in [0.2, 0.25) is 0 Å². The lowest BCUT2D eigenvalue weighted by Gasteiger charge is -2.10. The van der Waals surface area contributed by atoms with E-state index in [9.17, 15) is 14.3 Å². The van der Waals surface area contributed by atoms with E-state index in [1.807, 2.05) is 11.5 Å². The molecule has 1 aromatic carbocycles. The van der Waals surface area contributed by atoms with Crippen LogP contribution in [0.5, 0.6) is 0 Å². The second kappa shape index (κ2) is 5.50. The molecule has 2 aromatic rings. The van der Waals surface area contributed by atoms with Crippen LogP contribution in [-0.2, 0) is 6.54 Å². The molecule has 0 aliphatic carbocycles. The highest BCUT2D eigenvalue weighted by Gasteiger charge is 2.22. The third kappa shape index (κ3) is 2.39. The fourth-order valence-corrected chi connectivity index (χ4v) is 2.22. The van der Waals surface area contributed by atoms with Crippen LogP contribution in [0.1, 0.15) is 17.3 Å². The fourth-order valence-electron chi connectivity index (χ4n) is 2.22. The first-order chi connectivity index (χ1) is 9.12. The lowest BCUT2D eigenvalue weighted by molar-refractivity contribution is 0.0906. The number of benzene rings is 1. The van der Waals surface area contributed by atoms with Gasteiger partial charge in [0, 0.05) is 29.2 Å². The molecule has 102 valence electrons. The molecular formula is C14H17FN2O2. The number of likely N-dealkylation sites (N-methyl/N-ethyl adjacent to an activating group) is 1. The fraction of sp³-hybridized carbons (Fsp3) is 0.357. The van der Waals surface area contributed by atoms with Crippen LogP contribution in [0.3, 0.4) is 0 Å². The molecule has 2 rings (SSSR count). The second-order valence-corrected chi connectivity index (χ2v) is 4.38. The van der Waals surface area contributed by atoms with Gasteiger partial charge in [-0.3, -0.25) is 4.79 Å². The second-order valence-electron chi connectivity index (χ2n) is 4.38. The molecule has 0 saturated carbocycles. The Morgan fingerprint density at radius 3 is 2.84 bits per heavy atom. The lowest BCUT2D eigenvalue weighted by Crippen LogP contribution is -2.37. The van der Waals surface area contributed by atoms with Gasteiger partial charge in [-0.05, 0) is 32.2 Å². The minimum Gasteiger partial charge on any atom is -0.394 e. The zero-order valence-corrected chi connectivity index (χ0v) is 11.0. The van der Waals surface area contributed by atoms with Gasteiger partial charge in [0.1, 0.15) is 5.82 Å². The number of rotatable bonds is 5. The highest BCUT2D eigenvalue weighted by molar-refractivity contribution is 6.10. The first kappa shape index (κ1) is 13.7. The number of aliphatic hydroxyl groups excluding tert-OH is 1. The molecule has 1 atom stereocenters. The van der Waals surface area contributed by atoms with E-state index in [0.717, 1.165) is 5.52 Å². The van der Waals surface area contributed by atoms with Gasteiger partial charge in [-0.2, -0.15) is 0 Å². The molecule has 0 aliphatic heterocycles. The molecule has 0 amide bonds. The molecule has 4 nitrogen and oxygen atoms in total. The number of carbonyl (C=O) groups is 1. The Hall–Kier alpha value is -1.72. The van der Waals surface area contributed by atoms with Crippen molar-refractivity contribution in [1.82, 2.24) is 9.88 Å². The van der Waals surface area contributed by atoms with Crippen molar-refractivity contribution in [2.45, 2.75) is 19.5 Å². The zero-order chi connectivity index (χ0) is 14.0. The van der Waals surface area contributed by atoms with Crippen LogP contribution in [0.4, 0.5) is 4.39 Å². The maximum atomic E-state index is 13.4. The van der Waals surface area contributed by atoms with Crippen LogP contribution in [-0.4, -0.2) is 35.2 Å². The van der Waals surface area contributed by atoms with Gasteiger partial charge < -0.3 is 15.0 Å². The number of nitrogens with zero attached hydrogens (tertiary/aromatic N) is 1. The van der Waals surface area contributed by atoms with Crippen LogP contribution in [0.15, 0.2) is 24.4 Å². The summed E-state index contributed by atoms with van der Waals surface area (Å²) in [5.41, 5.74) is 1.25. The van der Waals surface area contributed by atoms with Gasteiger partial charge >= 0.3 is 0 Å². The molecule has 1 heterocycles. The van der Waals surface area contributed by atoms with Crippen LogP contribution in [0, 0.1) is 5.82 Å². The zero-order valence-electron chi connectivity index (χ0n) is 11.0. The number of hydrogen-bond donors (Lipinski definition) is 2. The van der Waals surface area contributed by atoms with Crippen LogP contribution >= 0.6 is 0 Å². The number of nitrogens with one attached hydrogen (secondary N) is 1. The molecule has 1 aromatic heterocycles. The number of halogens is 1. The number of Topliss-reactive ketones (excluding diaryl/α,β-unsaturated/α-hetero) is 1. The number of hydrogen-bond acceptors (Lipinski definition) is 3. The van der Waals surface area contributed by atoms with Gasteiger partial charge in [0.15, 0.2) is 5.78 Å². The summed E-state index contributed by atoms with van der Waals surface area (Å²) in [7, 11) is 1.61. The van der Waals surface area contributed by atoms with E-state index < -0.39 is 6.04 Å². The predicted octanol–water partition coefficient (Wildman–Crippen LogP) is 1.56. The normalized spacial score (nSPS) is 12.8. The van der Waals surface area contributed by atoms with Gasteiger partial charge in [-0.25, -0.2) is 4.39 Å². The van der Waals surface area contributed by atoms with Gasteiger partial charge in [-0.1, -0.05) is 0 Å². The minimum atomic E-state index is -0.667. The van der Waals surface area contributed by atoms with Crippen molar-refractivity contribution in [2.75, 3.05) is 13.7 Å². The average Bonchev–Trinajstić information content (AvgIpc) is 2.77. The standard InChI is InChI=1S/C14H17FN2O2/c1-3-17-7-11(14(19)12(8-18)16-2)10-6-9(15)4-5-13(10)17/h4-7,12,16,18H,3,8H2,1-2H3. The highest BCUT2D eigenvalue weighted by atomic mass is 19.1. The van der Waals surface area contributed by atoms with Crippen molar-refractivity contribution in [3.63, 3.8) is 0 Å². The first-order valence-electron chi connectivity index (χ1n) is 6.23. The summed E-state index contributed by atoms with van der Waals surface area (Å²) >= 11 is 0. The van der Waals surface area contributed by atoms with E-state index in [1.54, 1.807) is 19.3 Å². The first-order valence-corrected chi connectivity index (χ1v) is 6.23. The van der Waals surface area contributed by atoms with E-state index in [2.05, 4.69) is 5.32 Å². The molecule has 0 saturated heterocycles. The molecule has 2 N–H and O–H groups in total. The van der Waals surface area contributed by atoms with Crippen molar-refractivity contribution in [3.05, 3.63) is 35.8 Å². The van der Waals surface area contributed by atoms with E-state index in [-0.39, 0.29) is 18.2 Å². The quantitative estimate of drug-likeness (QED) is 0.806. The summed E-state index contributed by atoms with van der Waals surface area (Å²) in [4.78, 5) is 12.3. The summed E-state index contributed by atoms with van der Waals surface area (Å²) in [6.45, 7) is 2.36. The van der Waals surface area contributed by atoms with E-state index in [0.29, 0.717) is 17.5 Å². The molecule has 19 heavy (non-hydrogen) atoms. The summed E-state index contributed by atoms with van der Waals surface area (Å²) in [6.07, 6.45) is 1.71. The van der Waals surface area contributed by atoms with Crippen molar-refractivity contribution >= 4 is 16.7 Å². The van der Waals surface area contributed by atoms with Crippen molar-refractivity contribution in [3.8, 4) is 0 Å².